The van der Waals surface area contributed by atoms with Crippen molar-refractivity contribution in [1.29, 1.82) is 0 Å². The normalized spacial score (nSPS) is 10.4. The highest BCUT2D eigenvalue weighted by molar-refractivity contribution is 6.30. The van der Waals surface area contributed by atoms with E-state index in [1.165, 1.54) is 5.56 Å². The van der Waals surface area contributed by atoms with Gasteiger partial charge in [-0.25, -0.2) is 4.79 Å². The van der Waals surface area contributed by atoms with E-state index in [2.05, 4.69) is 31.2 Å². The van der Waals surface area contributed by atoms with Crippen LogP contribution in [0.2, 0.25) is 5.02 Å². The van der Waals surface area contributed by atoms with Crippen LogP contribution in [-0.4, -0.2) is 12.6 Å². The van der Waals surface area contributed by atoms with Crippen LogP contribution in [0.15, 0.2) is 66.7 Å². The van der Waals surface area contributed by atoms with Crippen LogP contribution >= 0.6 is 11.6 Å². The van der Waals surface area contributed by atoms with E-state index in [1.54, 1.807) is 18.2 Å². The summed E-state index contributed by atoms with van der Waals surface area (Å²) in [5, 5.41) is 0.604. The van der Waals surface area contributed by atoms with E-state index < -0.39 is 5.97 Å². The molecule has 0 aliphatic heterocycles. The lowest BCUT2D eigenvalue weighted by Crippen LogP contribution is -2.18. The van der Waals surface area contributed by atoms with Crippen LogP contribution in [0.4, 0.5) is 0 Å². The zero-order valence-corrected chi connectivity index (χ0v) is 15.4. The summed E-state index contributed by atoms with van der Waals surface area (Å²) in [6.45, 7) is 3.73. The van der Waals surface area contributed by atoms with Crippen molar-refractivity contribution in [2.45, 2.75) is 13.8 Å². The predicted molar refractivity (Wildman–Crippen MR) is 104 cm³/mol. The first-order valence-electron chi connectivity index (χ1n) is 8.28. The van der Waals surface area contributed by atoms with Gasteiger partial charge in [0.1, 0.15) is 11.5 Å². The first-order chi connectivity index (χ1) is 12.5. The Hall–Kier alpha value is -2.78. The number of halogens is 1. The molecule has 3 rings (SSSR count). The Labute approximate surface area is 158 Å². The number of hydrogen-bond acceptors (Lipinski definition) is 3. The molecule has 0 saturated carbocycles. The molecular formula is C22H19ClO3. The van der Waals surface area contributed by atoms with Crippen molar-refractivity contribution in [1.82, 2.24) is 0 Å². The maximum atomic E-state index is 12.0. The molecular weight excluding hydrogens is 348 g/mol. The summed E-state index contributed by atoms with van der Waals surface area (Å²) in [7, 11) is 0. The van der Waals surface area contributed by atoms with E-state index in [-0.39, 0.29) is 6.61 Å². The van der Waals surface area contributed by atoms with Crippen molar-refractivity contribution < 1.29 is 14.3 Å². The third kappa shape index (κ3) is 4.64. The Balaban J connectivity index is 1.57. The van der Waals surface area contributed by atoms with Crippen LogP contribution in [0.3, 0.4) is 0 Å². The van der Waals surface area contributed by atoms with Gasteiger partial charge in [-0.3, -0.25) is 0 Å². The van der Waals surface area contributed by atoms with Gasteiger partial charge in [0, 0.05) is 5.02 Å². The lowest BCUT2D eigenvalue weighted by molar-refractivity contribution is -0.136. The van der Waals surface area contributed by atoms with E-state index >= 15 is 0 Å². The quantitative estimate of drug-likeness (QED) is 0.435. The molecule has 0 radical (unpaired) electrons. The molecule has 0 N–H and O–H groups in total. The van der Waals surface area contributed by atoms with Crippen LogP contribution in [0.5, 0.6) is 11.5 Å². The fourth-order valence-corrected chi connectivity index (χ4v) is 2.74. The lowest BCUT2D eigenvalue weighted by atomic mass is 10.0. The predicted octanol–water partition coefficient (Wildman–Crippen LogP) is 5.61. The molecule has 0 atom stereocenters. The van der Waals surface area contributed by atoms with Gasteiger partial charge in [0.2, 0.25) is 0 Å². The van der Waals surface area contributed by atoms with Crippen molar-refractivity contribution in [3.05, 3.63) is 82.9 Å². The smallest absolute Gasteiger partial charge is 0.349 e. The highest BCUT2D eigenvalue weighted by Gasteiger charge is 2.09. The minimum atomic E-state index is -0.460. The van der Waals surface area contributed by atoms with Crippen LogP contribution in [-0.2, 0) is 4.79 Å². The van der Waals surface area contributed by atoms with Crippen molar-refractivity contribution in [2.24, 2.45) is 0 Å². The van der Waals surface area contributed by atoms with E-state index in [0.717, 1.165) is 16.7 Å². The van der Waals surface area contributed by atoms with Gasteiger partial charge in [-0.1, -0.05) is 53.6 Å². The topological polar surface area (TPSA) is 35.5 Å². The number of ether oxygens (including phenoxy) is 2. The number of hydrogen-bond donors (Lipinski definition) is 0. The van der Waals surface area contributed by atoms with Gasteiger partial charge >= 0.3 is 5.97 Å². The number of esters is 1. The average Bonchev–Trinajstić information content (AvgIpc) is 2.63. The molecule has 0 amide bonds. The number of carbonyl (C=O) groups is 1. The first kappa shape index (κ1) is 18.0. The Kier molecular flexibility index (Phi) is 5.59. The number of benzene rings is 3. The van der Waals surface area contributed by atoms with E-state index in [1.807, 2.05) is 31.2 Å². The molecule has 26 heavy (non-hydrogen) atoms. The molecule has 0 aromatic heterocycles. The van der Waals surface area contributed by atoms with Crippen molar-refractivity contribution in [3.8, 4) is 22.6 Å². The molecule has 3 aromatic rings. The number of aryl methyl sites for hydroxylation is 2. The minimum Gasteiger partial charge on any atom is -0.482 e. The first-order valence-corrected chi connectivity index (χ1v) is 8.66. The van der Waals surface area contributed by atoms with Gasteiger partial charge < -0.3 is 9.47 Å². The second kappa shape index (κ2) is 8.07. The molecule has 0 unspecified atom stereocenters. The summed E-state index contributed by atoms with van der Waals surface area (Å²) >= 11 is 5.89. The summed E-state index contributed by atoms with van der Waals surface area (Å²) in [4.78, 5) is 12.0. The highest BCUT2D eigenvalue weighted by Crippen LogP contribution is 2.24. The summed E-state index contributed by atoms with van der Waals surface area (Å²) in [6, 6.07) is 21.0. The number of carbonyl (C=O) groups excluding carboxylic acids is 1. The summed E-state index contributed by atoms with van der Waals surface area (Å²) in [5.74, 6) is 0.640. The Morgan fingerprint density at radius 3 is 2.12 bits per heavy atom. The van der Waals surface area contributed by atoms with Gasteiger partial charge in [0.05, 0.1) is 0 Å². The number of rotatable bonds is 5. The Bertz CT molecular complexity index is 900. The minimum absolute atomic E-state index is 0.161. The molecule has 4 heteroatoms. The van der Waals surface area contributed by atoms with E-state index in [0.29, 0.717) is 16.5 Å². The second-order valence-corrected chi connectivity index (χ2v) is 6.50. The van der Waals surface area contributed by atoms with Crippen molar-refractivity contribution >= 4 is 17.6 Å². The fraction of sp³-hybridized carbons (Fsp3) is 0.136. The highest BCUT2D eigenvalue weighted by atomic mass is 35.5. The largest absolute Gasteiger partial charge is 0.482 e. The van der Waals surface area contributed by atoms with Gasteiger partial charge in [0.25, 0.3) is 0 Å². The molecule has 3 aromatic carbocycles. The maximum absolute atomic E-state index is 12.0. The van der Waals surface area contributed by atoms with Crippen LogP contribution in [0.1, 0.15) is 11.1 Å². The molecule has 0 aliphatic rings. The van der Waals surface area contributed by atoms with Crippen LogP contribution in [0.25, 0.3) is 11.1 Å². The SMILES string of the molecule is Cc1ccc(-c2ccc(OCC(=O)Oc3ccc(Cl)cc3C)cc2)cc1. The van der Waals surface area contributed by atoms with Crippen molar-refractivity contribution in [3.63, 3.8) is 0 Å². The molecule has 0 heterocycles. The lowest BCUT2D eigenvalue weighted by Gasteiger charge is -2.09. The van der Waals surface area contributed by atoms with Gasteiger partial charge in [-0.15, -0.1) is 0 Å². The standard InChI is InChI=1S/C22H19ClO3/c1-15-3-5-17(6-4-15)18-7-10-20(11-8-18)25-14-22(24)26-21-12-9-19(23)13-16(21)2/h3-13H,14H2,1-2H3. The maximum Gasteiger partial charge on any atom is 0.349 e. The zero-order valence-electron chi connectivity index (χ0n) is 14.7. The third-order valence-electron chi connectivity index (χ3n) is 3.96. The van der Waals surface area contributed by atoms with Gasteiger partial charge in [-0.05, 0) is 60.9 Å². The summed E-state index contributed by atoms with van der Waals surface area (Å²) in [5.41, 5.74) is 4.26. The van der Waals surface area contributed by atoms with Crippen LogP contribution in [0, 0.1) is 13.8 Å². The van der Waals surface area contributed by atoms with Crippen LogP contribution < -0.4 is 9.47 Å². The summed E-state index contributed by atoms with van der Waals surface area (Å²) < 4.78 is 10.8. The van der Waals surface area contributed by atoms with E-state index in [9.17, 15) is 4.79 Å². The molecule has 3 nitrogen and oxygen atoms in total. The summed E-state index contributed by atoms with van der Waals surface area (Å²) in [6.07, 6.45) is 0. The fourth-order valence-electron chi connectivity index (χ4n) is 2.51. The van der Waals surface area contributed by atoms with Gasteiger partial charge in [0.15, 0.2) is 6.61 Å². The molecule has 132 valence electrons. The van der Waals surface area contributed by atoms with Crippen molar-refractivity contribution in [2.75, 3.05) is 6.61 Å². The molecule has 0 bridgehead atoms. The Morgan fingerprint density at radius 2 is 1.50 bits per heavy atom. The average molecular weight is 367 g/mol. The zero-order chi connectivity index (χ0) is 18.5. The molecule has 0 aliphatic carbocycles. The Morgan fingerprint density at radius 1 is 0.885 bits per heavy atom. The monoisotopic (exact) mass is 366 g/mol. The van der Waals surface area contributed by atoms with Gasteiger partial charge in [-0.2, -0.15) is 0 Å². The third-order valence-corrected chi connectivity index (χ3v) is 4.19. The molecule has 0 fully saturated rings. The van der Waals surface area contributed by atoms with E-state index in [4.69, 9.17) is 21.1 Å². The molecule has 0 spiro atoms. The molecule has 0 saturated heterocycles. The second-order valence-electron chi connectivity index (χ2n) is 6.06.